The number of urea groups is 1. The third-order valence-electron chi connectivity index (χ3n) is 3.29. The van der Waals surface area contributed by atoms with E-state index in [1.165, 1.54) is 0 Å². The number of para-hydroxylation sites is 3. The first-order chi connectivity index (χ1) is 10.7. The number of rotatable bonds is 6. The maximum Gasteiger partial charge on any atom is 0.321 e. The monoisotopic (exact) mass is 298 g/mol. The van der Waals surface area contributed by atoms with Crippen LogP contribution in [0.1, 0.15) is 19.8 Å². The van der Waals surface area contributed by atoms with Crippen molar-refractivity contribution in [2.75, 3.05) is 18.9 Å². The molecular weight excluding hydrogens is 276 g/mol. The molecular formula is C18H22N2O2. The summed E-state index contributed by atoms with van der Waals surface area (Å²) in [5.74, 6) is 1.37. The van der Waals surface area contributed by atoms with Crippen molar-refractivity contribution in [1.29, 1.82) is 0 Å². The summed E-state index contributed by atoms with van der Waals surface area (Å²) in [6, 6.07) is 16.8. The zero-order valence-electron chi connectivity index (χ0n) is 13.1. The van der Waals surface area contributed by atoms with E-state index in [2.05, 4.69) is 12.2 Å². The summed E-state index contributed by atoms with van der Waals surface area (Å²) in [6.45, 7) is 2.85. The summed E-state index contributed by atoms with van der Waals surface area (Å²) in [5, 5.41) is 2.90. The number of ether oxygens (including phenoxy) is 1. The predicted molar refractivity (Wildman–Crippen MR) is 89.5 cm³/mol. The van der Waals surface area contributed by atoms with Gasteiger partial charge < -0.3 is 15.0 Å². The Kier molecular flexibility index (Phi) is 5.83. The fourth-order valence-corrected chi connectivity index (χ4v) is 1.98. The molecule has 0 aliphatic rings. The molecule has 0 bridgehead atoms. The molecule has 4 heteroatoms. The lowest BCUT2D eigenvalue weighted by atomic mass is 10.3. The molecule has 2 aromatic rings. The van der Waals surface area contributed by atoms with E-state index in [1.807, 2.05) is 54.6 Å². The number of hydrogen-bond donors (Lipinski definition) is 1. The highest BCUT2D eigenvalue weighted by Crippen LogP contribution is 2.29. The van der Waals surface area contributed by atoms with Crippen LogP contribution in [-0.4, -0.2) is 24.5 Å². The van der Waals surface area contributed by atoms with Crippen LogP contribution >= 0.6 is 0 Å². The van der Waals surface area contributed by atoms with Crippen molar-refractivity contribution < 1.29 is 9.53 Å². The molecule has 0 saturated carbocycles. The highest BCUT2D eigenvalue weighted by Gasteiger charge is 2.11. The molecule has 0 radical (unpaired) electrons. The van der Waals surface area contributed by atoms with Gasteiger partial charge in [0.25, 0.3) is 0 Å². The first-order valence-corrected chi connectivity index (χ1v) is 7.54. The zero-order chi connectivity index (χ0) is 15.8. The fraction of sp³-hybridized carbons (Fsp3) is 0.278. The van der Waals surface area contributed by atoms with Gasteiger partial charge in [0.05, 0.1) is 5.69 Å². The van der Waals surface area contributed by atoms with Gasteiger partial charge in [-0.2, -0.15) is 0 Å². The highest BCUT2D eigenvalue weighted by atomic mass is 16.5. The Bertz CT molecular complexity index is 599. The quantitative estimate of drug-likeness (QED) is 0.836. The first-order valence-electron chi connectivity index (χ1n) is 7.54. The molecule has 0 unspecified atom stereocenters. The largest absolute Gasteiger partial charge is 0.455 e. The molecule has 0 fully saturated rings. The molecule has 0 atom stereocenters. The SMILES string of the molecule is CCCCN(C)C(=O)Nc1ccccc1Oc1ccccc1. The Balaban J connectivity index is 2.06. The number of carbonyl (C=O) groups is 1. The summed E-state index contributed by atoms with van der Waals surface area (Å²) in [5.41, 5.74) is 0.666. The number of benzene rings is 2. The van der Waals surface area contributed by atoms with Crippen molar-refractivity contribution in [2.24, 2.45) is 0 Å². The number of nitrogens with one attached hydrogen (secondary N) is 1. The molecule has 0 spiro atoms. The van der Waals surface area contributed by atoms with Crippen molar-refractivity contribution >= 4 is 11.7 Å². The van der Waals surface area contributed by atoms with Crippen molar-refractivity contribution in [3.8, 4) is 11.5 Å². The van der Waals surface area contributed by atoms with Crippen LogP contribution in [0.15, 0.2) is 54.6 Å². The predicted octanol–water partition coefficient (Wildman–Crippen LogP) is 4.74. The van der Waals surface area contributed by atoms with E-state index in [4.69, 9.17) is 4.74 Å². The summed E-state index contributed by atoms with van der Waals surface area (Å²) in [6.07, 6.45) is 2.05. The lowest BCUT2D eigenvalue weighted by Gasteiger charge is -2.19. The Hall–Kier alpha value is -2.49. The van der Waals surface area contributed by atoms with Crippen molar-refractivity contribution in [2.45, 2.75) is 19.8 Å². The van der Waals surface area contributed by atoms with Crippen LogP contribution in [0.3, 0.4) is 0 Å². The summed E-state index contributed by atoms with van der Waals surface area (Å²) in [7, 11) is 1.80. The number of nitrogens with zero attached hydrogens (tertiary/aromatic N) is 1. The van der Waals surface area contributed by atoms with Gasteiger partial charge in [0.2, 0.25) is 0 Å². The molecule has 0 heterocycles. The third kappa shape index (κ3) is 4.52. The van der Waals surface area contributed by atoms with Crippen LogP contribution < -0.4 is 10.1 Å². The minimum Gasteiger partial charge on any atom is -0.455 e. The van der Waals surface area contributed by atoms with Crippen LogP contribution in [-0.2, 0) is 0 Å². The normalized spacial score (nSPS) is 10.1. The maximum atomic E-state index is 12.2. The first kappa shape index (κ1) is 15.9. The molecule has 22 heavy (non-hydrogen) atoms. The van der Waals surface area contributed by atoms with Crippen LogP contribution in [0.5, 0.6) is 11.5 Å². The van der Waals surface area contributed by atoms with Gasteiger partial charge in [0, 0.05) is 13.6 Å². The van der Waals surface area contributed by atoms with Crippen molar-refractivity contribution in [3.05, 3.63) is 54.6 Å². The summed E-state index contributed by atoms with van der Waals surface area (Å²) in [4.78, 5) is 13.9. The van der Waals surface area contributed by atoms with Crippen LogP contribution in [0.25, 0.3) is 0 Å². The lowest BCUT2D eigenvalue weighted by Crippen LogP contribution is -2.32. The average molecular weight is 298 g/mol. The Morgan fingerprint density at radius 2 is 1.77 bits per heavy atom. The van der Waals surface area contributed by atoms with E-state index < -0.39 is 0 Å². The average Bonchev–Trinajstić information content (AvgIpc) is 2.55. The summed E-state index contributed by atoms with van der Waals surface area (Å²) < 4.78 is 5.84. The van der Waals surface area contributed by atoms with Gasteiger partial charge in [-0.1, -0.05) is 43.7 Å². The molecule has 0 aliphatic carbocycles. The number of unbranched alkanes of at least 4 members (excludes halogenated alkanes) is 1. The molecule has 2 rings (SSSR count). The van der Waals surface area contributed by atoms with E-state index in [1.54, 1.807) is 11.9 Å². The number of amides is 2. The Morgan fingerprint density at radius 1 is 1.09 bits per heavy atom. The van der Waals surface area contributed by atoms with Crippen molar-refractivity contribution in [3.63, 3.8) is 0 Å². The molecule has 4 nitrogen and oxygen atoms in total. The fourth-order valence-electron chi connectivity index (χ4n) is 1.98. The third-order valence-corrected chi connectivity index (χ3v) is 3.29. The Labute approximate surface area is 131 Å². The second-order valence-electron chi connectivity index (χ2n) is 5.12. The molecule has 2 aromatic carbocycles. The van der Waals surface area contributed by atoms with Gasteiger partial charge >= 0.3 is 6.03 Å². The number of hydrogen-bond acceptors (Lipinski definition) is 2. The molecule has 1 N–H and O–H groups in total. The van der Waals surface area contributed by atoms with Gasteiger partial charge in [-0.15, -0.1) is 0 Å². The highest BCUT2D eigenvalue weighted by molar-refractivity contribution is 5.90. The van der Waals surface area contributed by atoms with Gasteiger partial charge in [-0.3, -0.25) is 0 Å². The smallest absolute Gasteiger partial charge is 0.321 e. The maximum absolute atomic E-state index is 12.2. The topological polar surface area (TPSA) is 41.6 Å². The van der Waals surface area contributed by atoms with Gasteiger partial charge in [0.1, 0.15) is 5.75 Å². The van der Waals surface area contributed by atoms with E-state index >= 15 is 0 Å². The van der Waals surface area contributed by atoms with Crippen molar-refractivity contribution in [1.82, 2.24) is 4.90 Å². The summed E-state index contributed by atoms with van der Waals surface area (Å²) >= 11 is 0. The standard InChI is InChI=1S/C18H22N2O2/c1-3-4-14-20(2)18(21)19-16-12-8-9-13-17(16)22-15-10-6-5-7-11-15/h5-13H,3-4,14H2,1-2H3,(H,19,21). The molecule has 0 aliphatic heterocycles. The van der Waals surface area contributed by atoms with E-state index in [9.17, 15) is 4.79 Å². The minimum absolute atomic E-state index is 0.127. The molecule has 0 saturated heterocycles. The van der Waals surface area contributed by atoms with Crippen LogP contribution in [0, 0.1) is 0 Å². The van der Waals surface area contributed by atoms with Gasteiger partial charge in [-0.25, -0.2) is 4.79 Å². The van der Waals surface area contributed by atoms with Crippen LogP contribution in [0.4, 0.5) is 10.5 Å². The minimum atomic E-state index is -0.127. The molecule has 116 valence electrons. The number of anilines is 1. The zero-order valence-corrected chi connectivity index (χ0v) is 13.1. The van der Waals surface area contributed by atoms with Crippen LogP contribution in [0.2, 0.25) is 0 Å². The molecule has 0 aromatic heterocycles. The lowest BCUT2D eigenvalue weighted by molar-refractivity contribution is 0.221. The van der Waals surface area contributed by atoms with E-state index in [0.717, 1.165) is 25.1 Å². The van der Waals surface area contributed by atoms with E-state index in [-0.39, 0.29) is 6.03 Å². The van der Waals surface area contributed by atoms with Gasteiger partial charge in [0.15, 0.2) is 5.75 Å². The second kappa shape index (κ2) is 8.08. The molecule has 2 amide bonds. The van der Waals surface area contributed by atoms with E-state index in [0.29, 0.717) is 11.4 Å². The second-order valence-corrected chi connectivity index (χ2v) is 5.12. The Morgan fingerprint density at radius 3 is 2.50 bits per heavy atom. The number of carbonyl (C=O) groups excluding carboxylic acids is 1. The van der Waals surface area contributed by atoms with Gasteiger partial charge in [-0.05, 0) is 30.7 Å².